The van der Waals surface area contributed by atoms with Gasteiger partial charge in [-0.05, 0) is 41.5 Å². The molecule has 2 N–H and O–H groups in total. The van der Waals surface area contributed by atoms with E-state index >= 15 is 0 Å². The van der Waals surface area contributed by atoms with E-state index in [1.54, 1.807) is 18.2 Å². The van der Waals surface area contributed by atoms with Crippen molar-refractivity contribution in [3.8, 4) is 0 Å². The van der Waals surface area contributed by atoms with Crippen LogP contribution in [-0.4, -0.2) is 23.2 Å². The van der Waals surface area contributed by atoms with Crippen LogP contribution in [-0.2, 0) is 16.1 Å². The number of nitrogens with one attached hydrogen (secondary N) is 1. The van der Waals surface area contributed by atoms with Crippen molar-refractivity contribution in [2.45, 2.75) is 38.3 Å². The van der Waals surface area contributed by atoms with Crippen molar-refractivity contribution in [2.24, 2.45) is 5.41 Å². The second-order valence-electron chi connectivity index (χ2n) is 7.21. The summed E-state index contributed by atoms with van der Waals surface area (Å²) < 4.78 is 5.21. The number of carboxylic acids is 1. The van der Waals surface area contributed by atoms with Crippen molar-refractivity contribution < 1.29 is 19.4 Å². The van der Waals surface area contributed by atoms with Crippen LogP contribution in [0.2, 0.25) is 5.02 Å². The number of ether oxygens (including phenoxy) is 1. The molecule has 0 radical (unpaired) electrons. The molecule has 0 heterocycles. The summed E-state index contributed by atoms with van der Waals surface area (Å²) in [6.07, 6.45) is 1.05. The molecule has 1 saturated carbocycles. The van der Waals surface area contributed by atoms with Crippen molar-refractivity contribution in [3.63, 3.8) is 0 Å². The van der Waals surface area contributed by atoms with Crippen molar-refractivity contribution >= 4 is 23.7 Å². The first kappa shape index (κ1) is 19.2. The van der Waals surface area contributed by atoms with E-state index in [0.717, 1.165) is 24.0 Å². The molecule has 0 aliphatic heterocycles. The molecule has 2 atom stereocenters. The molecule has 0 bridgehead atoms. The number of amides is 1. The lowest BCUT2D eigenvalue weighted by Gasteiger charge is -2.30. The summed E-state index contributed by atoms with van der Waals surface area (Å²) >= 11 is 6.11. The molecule has 1 amide bonds. The predicted molar refractivity (Wildman–Crippen MR) is 103 cm³/mol. The van der Waals surface area contributed by atoms with Gasteiger partial charge in [-0.3, -0.25) is 0 Å². The average Bonchev–Trinajstić information content (AvgIpc) is 3.38. The topological polar surface area (TPSA) is 75.6 Å². The Bertz CT molecular complexity index is 820. The zero-order chi connectivity index (χ0) is 19.4. The molecule has 1 aliphatic carbocycles. The molecule has 0 unspecified atom stereocenters. The first-order valence-electron chi connectivity index (χ1n) is 8.84. The molecule has 0 spiro atoms. The summed E-state index contributed by atoms with van der Waals surface area (Å²) in [5.41, 5.74) is 1.44. The molecule has 2 aromatic rings. The zero-order valence-corrected chi connectivity index (χ0v) is 15.8. The Morgan fingerprint density at radius 2 is 1.89 bits per heavy atom. The highest BCUT2D eigenvalue weighted by molar-refractivity contribution is 6.30. The number of halogens is 1. The number of carboxylic acid groups (broad SMARTS) is 1. The summed E-state index contributed by atoms with van der Waals surface area (Å²) in [5, 5.41) is 12.9. The number of rotatable bonds is 7. The third-order valence-electron chi connectivity index (χ3n) is 5.08. The van der Waals surface area contributed by atoms with Crippen molar-refractivity contribution in [1.82, 2.24) is 5.32 Å². The SMILES string of the molecule is CC1([C@H](c2cccc(Cl)c2)[C@H](NC(=O)OCc2ccccc2)C(=O)O)CC1. The summed E-state index contributed by atoms with van der Waals surface area (Å²) in [6.45, 7) is 2.11. The lowest BCUT2D eigenvalue weighted by Crippen LogP contribution is -2.47. The molecular formula is C21H22ClNO4. The number of hydrogen-bond donors (Lipinski definition) is 2. The molecule has 0 saturated heterocycles. The van der Waals surface area contributed by atoms with E-state index in [1.165, 1.54) is 0 Å². The number of alkyl carbamates (subject to hydrolysis) is 1. The molecule has 142 valence electrons. The second kappa shape index (κ2) is 8.01. The van der Waals surface area contributed by atoms with Gasteiger partial charge in [-0.15, -0.1) is 0 Å². The summed E-state index contributed by atoms with van der Waals surface area (Å²) in [7, 11) is 0. The monoisotopic (exact) mass is 387 g/mol. The summed E-state index contributed by atoms with van der Waals surface area (Å²) in [6, 6.07) is 15.3. The van der Waals surface area contributed by atoms with Gasteiger partial charge in [0, 0.05) is 10.9 Å². The quantitative estimate of drug-likeness (QED) is 0.727. The summed E-state index contributed by atoms with van der Waals surface area (Å²) in [4.78, 5) is 24.2. The highest BCUT2D eigenvalue weighted by Crippen LogP contribution is 2.57. The van der Waals surface area contributed by atoms with Gasteiger partial charge in [0.05, 0.1) is 0 Å². The van der Waals surface area contributed by atoms with Gasteiger partial charge < -0.3 is 15.2 Å². The Labute approximate surface area is 163 Å². The molecule has 0 aromatic heterocycles. The van der Waals surface area contributed by atoms with Crippen molar-refractivity contribution in [3.05, 3.63) is 70.7 Å². The van der Waals surface area contributed by atoms with Crippen LogP contribution in [0.25, 0.3) is 0 Å². The van der Waals surface area contributed by atoms with Crippen LogP contribution in [0.15, 0.2) is 54.6 Å². The van der Waals surface area contributed by atoms with Crippen LogP contribution in [0.5, 0.6) is 0 Å². The van der Waals surface area contributed by atoms with E-state index < -0.39 is 24.0 Å². The van der Waals surface area contributed by atoms with Crippen LogP contribution < -0.4 is 5.32 Å². The Morgan fingerprint density at radius 1 is 1.19 bits per heavy atom. The highest BCUT2D eigenvalue weighted by atomic mass is 35.5. The van der Waals surface area contributed by atoms with E-state index in [2.05, 4.69) is 5.32 Å². The Kier molecular flexibility index (Phi) is 5.71. The van der Waals surface area contributed by atoms with Gasteiger partial charge in [0.2, 0.25) is 0 Å². The minimum Gasteiger partial charge on any atom is -0.480 e. The van der Waals surface area contributed by atoms with Crippen molar-refractivity contribution in [2.75, 3.05) is 0 Å². The minimum atomic E-state index is -1.10. The second-order valence-corrected chi connectivity index (χ2v) is 7.65. The van der Waals surface area contributed by atoms with Crippen LogP contribution in [0.1, 0.15) is 36.8 Å². The van der Waals surface area contributed by atoms with Gasteiger partial charge in [-0.1, -0.05) is 61.0 Å². The Morgan fingerprint density at radius 3 is 2.48 bits per heavy atom. The maximum absolute atomic E-state index is 12.3. The normalized spacial score (nSPS) is 16.8. The van der Waals surface area contributed by atoms with Gasteiger partial charge in [0.15, 0.2) is 0 Å². The van der Waals surface area contributed by atoms with Gasteiger partial charge >= 0.3 is 12.1 Å². The average molecular weight is 388 g/mol. The van der Waals surface area contributed by atoms with E-state index in [0.29, 0.717) is 5.02 Å². The molecular weight excluding hydrogens is 366 g/mol. The van der Waals surface area contributed by atoms with E-state index in [1.807, 2.05) is 43.3 Å². The standard InChI is InChI=1S/C21H22ClNO4/c1-21(10-11-21)17(15-8-5-9-16(22)12-15)18(19(24)25)23-20(26)27-13-14-6-3-2-4-7-14/h2-9,12,17-18H,10-11,13H2,1H3,(H,23,26)(H,24,25)/t17-,18+/m1/s1. The number of carbonyl (C=O) groups is 2. The van der Waals surface area contributed by atoms with Gasteiger partial charge in [-0.25, -0.2) is 9.59 Å². The fourth-order valence-corrected chi connectivity index (χ4v) is 3.58. The van der Waals surface area contributed by atoms with E-state index in [4.69, 9.17) is 16.3 Å². The molecule has 1 aliphatic rings. The third-order valence-corrected chi connectivity index (χ3v) is 5.32. The lowest BCUT2D eigenvalue weighted by atomic mass is 9.79. The number of carbonyl (C=O) groups excluding carboxylic acids is 1. The maximum Gasteiger partial charge on any atom is 0.408 e. The van der Waals surface area contributed by atoms with Crippen molar-refractivity contribution in [1.29, 1.82) is 0 Å². The maximum atomic E-state index is 12.3. The highest BCUT2D eigenvalue weighted by Gasteiger charge is 2.51. The lowest BCUT2D eigenvalue weighted by molar-refractivity contribution is -0.140. The van der Waals surface area contributed by atoms with Crippen LogP contribution in [0.3, 0.4) is 0 Å². The largest absolute Gasteiger partial charge is 0.480 e. The first-order valence-corrected chi connectivity index (χ1v) is 9.22. The third kappa shape index (κ3) is 4.80. The Balaban J connectivity index is 1.76. The molecule has 2 aromatic carbocycles. The number of aliphatic carboxylic acids is 1. The summed E-state index contributed by atoms with van der Waals surface area (Å²) in [5.74, 6) is -1.48. The smallest absolute Gasteiger partial charge is 0.408 e. The first-order chi connectivity index (χ1) is 12.9. The van der Waals surface area contributed by atoms with E-state index in [9.17, 15) is 14.7 Å². The molecule has 27 heavy (non-hydrogen) atoms. The molecule has 1 fully saturated rings. The van der Waals surface area contributed by atoms with Gasteiger partial charge in [-0.2, -0.15) is 0 Å². The number of hydrogen-bond acceptors (Lipinski definition) is 3. The van der Waals surface area contributed by atoms with Crippen LogP contribution in [0, 0.1) is 5.41 Å². The van der Waals surface area contributed by atoms with Gasteiger partial charge in [0.25, 0.3) is 0 Å². The predicted octanol–water partition coefficient (Wildman–Crippen LogP) is 4.60. The van der Waals surface area contributed by atoms with Crippen LogP contribution >= 0.6 is 11.6 Å². The molecule has 6 heteroatoms. The fraction of sp³-hybridized carbons (Fsp3) is 0.333. The zero-order valence-electron chi connectivity index (χ0n) is 15.0. The fourth-order valence-electron chi connectivity index (χ4n) is 3.38. The molecule has 5 nitrogen and oxygen atoms in total. The Hall–Kier alpha value is -2.53. The van der Waals surface area contributed by atoms with Crippen LogP contribution in [0.4, 0.5) is 4.79 Å². The van der Waals surface area contributed by atoms with Gasteiger partial charge in [0.1, 0.15) is 12.6 Å². The molecule has 3 rings (SSSR count). The number of benzene rings is 2. The minimum absolute atomic E-state index is 0.0815. The van der Waals surface area contributed by atoms with E-state index in [-0.39, 0.29) is 12.0 Å².